The van der Waals surface area contributed by atoms with Gasteiger partial charge in [0.2, 0.25) is 0 Å². The third kappa shape index (κ3) is 51.8. The number of hydrogen-bond donors (Lipinski definition) is 1. The Bertz CT molecular complexity index is 318. The Kier molecular flexibility index (Phi) is 26.1. The maximum Gasteiger partial charge on any atom is 0.143 e. The van der Waals surface area contributed by atoms with E-state index in [2.05, 4.69) is 49.5 Å². The zero-order chi connectivity index (χ0) is 20.1. The lowest BCUT2D eigenvalue weighted by molar-refractivity contribution is -0.117. The number of ketones is 1. The second kappa shape index (κ2) is 22.8. The van der Waals surface area contributed by atoms with Gasteiger partial charge in [-0.2, -0.15) is 0 Å². The largest absolute Gasteiger partial charge is 0.473 e. The van der Waals surface area contributed by atoms with E-state index in [1.807, 2.05) is 38.2 Å². The van der Waals surface area contributed by atoms with Crippen molar-refractivity contribution in [1.82, 2.24) is 15.1 Å². The maximum atomic E-state index is 10.2. The van der Waals surface area contributed by atoms with Crippen LogP contribution in [0.4, 0.5) is 0 Å². The van der Waals surface area contributed by atoms with Crippen LogP contribution in [-0.2, 0) is 9.53 Å². The molecule has 1 aromatic rings. The molecule has 6 heteroatoms. The summed E-state index contributed by atoms with van der Waals surface area (Å²) in [6, 6.07) is 3.67. The summed E-state index contributed by atoms with van der Waals surface area (Å²) in [6.45, 7) is 11.6. The molecule has 1 N–H and O–H groups in total. The van der Waals surface area contributed by atoms with Crippen LogP contribution in [0.1, 0.15) is 27.7 Å². The first-order chi connectivity index (χ1) is 11.7. The molecule has 0 saturated carbocycles. The number of carbonyl (C=O) groups is 1. The highest BCUT2D eigenvalue weighted by Crippen LogP contribution is 2.04. The van der Waals surface area contributed by atoms with Gasteiger partial charge < -0.3 is 24.3 Å². The zero-order valence-corrected chi connectivity index (χ0v) is 17.8. The number of ether oxygens (including phenoxy) is 1. The van der Waals surface area contributed by atoms with Gasteiger partial charge in [0.1, 0.15) is 5.78 Å². The average molecular weight is 360 g/mol. The molecule has 1 fully saturated rings. The van der Waals surface area contributed by atoms with Crippen molar-refractivity contribution in [2.45, 2.75) is 33.8 Å². The van der Waals surface area contributed by atoms with Crippen molar-refractivity contribution in [1.29, 1.82) is 0 Å². The molecule has 25 heavy (non-hydrogen) atoms. The van der Waals surface area contributed by atoms with Crippen molar-refractivity contribution in [2.24, 2.45) is 0 Å². The molecule has 0 aromatic carbocycles. The summed E-state index contributed by atoms with van der Waals surface area (Å²) < 4.78 is 9.29. The van der Waals surface area contributed by atoms with E-state index in [9.17, 15) is 4.79 Å². The Balaban J connectivity index is -0.000000246. The van der Waals surface area contributed by atoms with Crippen LogP contribution >= 0.6 is 0 Å². The molecule has 150 valence electrons. The van der Waals surface area contributed by atoms with Gasteiger partial charge in [-0.25, -0.2) is 0 Å². The molecule has 2 heterocycles. The number of carbonyl (C=O) groups excluding carboxylic acids is 1. The number of nitrogens with zero attached hydrogens (tertiary/aromatic N) is 2. The Hall–Kier alpha value is -1.21. The molecule has 2 rings (SSSR count). The van der Waals surface area contributed by atoms with E-state index in [1.54, 1.807) is 19.5 Å². The van der Waals surface area contributed by atoms with Crippen molar-refractivity contribution >= 4 is 5.78 Å². The van der Waals surface area contributed by atoms with Gasteiger partial charge in [-0.3, -0.25) is 4.79 Å². The van der Waals surface area contributed by atoms with Crippen molar-refractivity contribution in [3.05, 3.63) is 24.7 Å². The maximum absolute atomic E-state index is 10.2. The Morgan fingerprint density at radius 2 is 1.48 bits per heavy atom. The second-order valence-electron chi connectivity index (χ2n) is 5.98. The predicted octanol–water partition coefficient (Wildman–Crippen LogP) is 2.62. The topological polar surface area (TPSA) is 61.3 Å². The molecule has 0 spiro atoms. The summed E-state index contributed by atoms with van der Waals surface area (Å²) in [4.78, 5) is 14.2. The molecule has 0 radical (unpaired) electrons. The van der Waals surface area contributed by atoms with Crippen LogP contribution < -0.4 is 5.32 Å². The van der Waals surface area contributed by atoms with Gasteiger partial charge in [0.15, 0.2) is 0 Å². The predicted molar refractivity (Wildman–Crippen MR) is 107 cm³/mol. The van der Waals surface area contributed by atoms with Crippen LogP contribution in [0.2, 0.25) is 0 Å². The summed E-state index contributed by atoms with van der Waals surface area (Å²) in [5, 5.41) is 2.93. The number of Topliss-reactive ketones (excluding diaryl/α,β-unsaturated/α-hetero) is 1. The molecular formula is C19H41N3O3. The highest BCUT2D eigenvalue weighted by Gasteiger charge is 2.13. The fraction of sp³-hybridized carbons (Fsp3) is 0.737. The molecule has 1 aliphatic heterocycles. The first kappa shape index (κ1) is 28.6. The highest BCUT2D eigenvalue weighted by molar-refractivity contribution is 5.77. The summed E-state index contributed by atoms with van der Waals surface area (Å²) in [5.74, 6) is 0.213. The van der Waals surface area contributed by atoms with Crippen LogP contribution in [0, 0.1) is 0 Å². The number of hydrogen-bond acceptors (Lipinski definition) is 6. The van der Waals surface area contributed by atoms with Gasteiger partial charge in [-0.1, -0.05) is 13.8 Å². The van der Waals surface area contributed by atoms with Crippen molar-refractivity contribution < 1.29 is 13.9 Å². The fourth-order valence-corrected chi connectivity index (χ4v) is 0.768. The minimum Gasteiger partial charge on any atom is -0.473 e. The molecule has 6 nitrogen and oxygen atoms in total. The summed E-state index contributed by atoms with van der Waals surface area (Å²) in [5.41, 5.74) is 0. The number of furan rings is 1. The minimum absolute atomic E-state index is 0.213. The van der Waals surface area contributed by atoms with Gasteiger partial charge in [-0.15, -0.1) is 0 Å². The lowest BCUT2D eigenvalue weighted by Crippen LogP contribution is -2.18. The third-order valence-electron chi connectivity index (χ3n) is 2.45. The summed E-state index contributed by atoms with van der Waals surface area (Å²) in [7, 11) is 9.79. The van der Waals surface area contributed by atoms with Crippen molar-refractivity contribution in [3.8, 4) is 0 Å². The normalized spacial score (nSPS) is 13.8. The van der Waals surface area contributed by atoms with Gasteiger partial charge in [0.05, 0.1) is 31.8 Å². The molecule has 1 saturated heterocycles. The van der Waals surface area contributed by atoms with E-state index in [1.165, 1.54) is 0 Å². The van der Waals surface area contributed by atoms with Crippen LogP contribution in [0.3, 0.4) is 0 Å². The van der Waals surface area contributed by atoms with Gasteiger partial charge in [-0.05, 0) is 74.3 Å². The van der Waals surface area contributed by atoms with Crippen LogP contribution in [0.25, 0.3) is 0 Å². The van der Waals surface area contributed by atoms with Crippen LogP contribution in [0.15, 0.2) is 29.1 Å². The highest BCUT2D eigenvalue weighted by atomic mass is 16.6. The monoisotopic (exact) mass is 359 g/mol. The second-order valence-corrected chi connectivity index (χ2v) is 5.98. The first-order valence-corrected chi connectivity index (χ1v) is 8.73. The standard InChI is InChI=1S/C5H11NO.C4H11N.C4H4O.C3H9N.C3H6O/c1-5(7)4-6(2)3;1-4-5(2)3;1-2-4-5-3-1;1-3-4-2;1-3-2-4-3/h4H2,1-3H3;4H2,1-3H3;1-4H;4H,3H2,1-2H3;3H,2H2,1H3. The van der Waals surface area contributed by atoms with Gasteiger partial charge in [0, 0.05) is 0 Å². The number of rotatable bonds is 4. The molecular weight excluding hydrogens is 318 g/mol. The van der Waals surface area contributed by atoms with Crippen LogP contribution in [-0.4, -0.2) is 83.2 Å². The van der Waals surface area contributed by atoms with E-state index in [-0.39, 0.29) is 5.78 Å². The molecule has 1 unspecified atom stereocenters. The van der Waals surface area contributed by atoms with Crippen LogP contribution in [0.5, 0.6) is 0 Å². The van der Waals surface area contributed by atoms with E-state index >= 15 is 0 Å². The number of epoxide rings is 1. The number of likely N-dealkylation sites (N-methyl/N-ethyl adjacent to an activating group) is 1. The molecule has 0 amide bonds. The Morgan fingerprint density at radius 1 is 1.12 bits per heavy atom. The third-order valence-corrected chi connectivity index (χ3v) is 2.45. The summed E-state index contributed by atoms with van der Waals surface area (Å²) in [6.07, 6.45) is 3.83. The first-order valence-electron chi connectivity index (χ1n) is 8.73. The smallest absolute Gasteiger partial charge is 0.143 e. The van der Waals surface area contributed by atoms with E-state index in [0.29, 0.717) is 12.6 Å². The van der Waals surface area contributed by atoms with E-state index in [4.69, 9.17) is 4.74 Å². The molecule has 1 aliphatic rings. The molecule has 1 atom stereocenters. The zero-order valence-electron chi connectivity index (χ0n) is 17.8. The van der Waals surface area contributed by atoms with Gasteiger partial charge in [0.25, 0.3) is 0 Å². The van der Waals surface area contributed by atoms with Gasteiger partial charge >= 0.3 is 0 Å². The molecule has 1 aromatic heterocycles. The van der Waals surface area contributed by atoms with Crippen molar-refractivity contribution in [3.63, 3.8) is 0 Å². The molecule has 0 aliphatic carbocycles. The number of nitrogens with one attached hydrogen (secondary N) is 1. The van der Waals surface area contributed by atoms with Crippen molar-refractivity contribution in [2.75, 3.05) is 61.5 Å². The Morgan fingerprint density at radius 3 is 1.52 bits per heavy atom. The molecule has 0 bridgehead atoms. The SMILES string of the molecule is CC(=O)CN(C)C.CC1CO1.CCN(C)C.CCNC.c1ccoc1. The van der Waals surface area contributed by atoms with E-state index in [0.717, 1.165) is 19.7 Å². The minimum atomic E-state index is 0.213. The fourth-order valence-electron chi connectivity index (χ4n) is 0.768. The Labute approximate surface area is 155 Å². The van der Waals surface area contributed by atoms with E-state index < -0.39 is 0 Å². The average Bonchev–Trinajstić information content (AvgIpc) is 3.10. The lowest BCUT2D eigenvalue weighted by atomic mass is 10.4. The lowest BCUT2D eigenvalue weighted by Gasteiger charge is -2.03. The quantitative estimate of drug-likeness (QED) is 0.834. The summed E-state index contributed by atoms with van der Waals surface area (Å²) >= 11 is 0.